The van der Waals surface area contributed by atoms with E-state index in [0.717, 1.165) is 50.8 Å². The number of likely N-dealkylation sites (tertiary alicyclic amines) is 1. The molecule has 0 radical (unpaired) electrons. The number of carbonyl (C=O) groups excluding carboxylic acids is 3. The number of methoxy groups -OCH3 is 1. The van der Waals surface area contributed by atoms with Gasteiger partial charge in [-0.1, -0.05) is 13.5 Å². The van der Waals surface area contributed by atoms with Gasteiger partial charge >= 0.3 is 0 Å². The van der Waals surface area contributed by atoms with Gasteiger partial charge in [-0.2, -0.15) is 0 Å². The molecule has 0 aliphatic carbocycles. The van der Waals surface area contributed by atoms with E-state index in [1.165, 1.54) is 17.6 Å². The summed E-state index contributed by atoms with van der Waals surface area (Å²) in [6, 6.07) is 0. The van der Waals surface area contributed by atoms with Crippen molar-refractivity contribution in [3.8, 4) is 0 Å². The zero-order valence-corrected chi connectivity index (χ0v) is 21.0. The predicted octanol–water partition coefficient (Wildman–Crippen LogP) is 4.20. The van der Waals surface area contributed by atoms with E-state index in [1.807, 2.05) is 19.2 Å². The molecule has 2 N–H and O–H groups in total. The van der Waals surface area contributed by atoms with Crippen LogP contribution in [-0.4, -0.2) is 61.9 Å². The molecule has 0 atom stereocenters. The van der Waals surface area contributed by atoms with Gasteiger partial charge in [0.15, 0.2) is 12.3 Å². The molecule has 7 nitrogen and oxygen atoms in total. The molecule has 1 fully saturated rings. The number of rotatable bonds is 12. The zero-order chi connectivity index (χ0) is 24.3. The smallest absolute Gasteiger partial charge is 0.279 e. The van der Waals surface area contributed by atoms with Crippen LogP contribution in [0.2, 0.25) is 0 Å². The van der Waals surface area contributed by atoms with Crippen LogP contribution in [0.1, 0.15) is 60.7 Å². The third-order valence-corrected chi connectivity index (χ3v) is 6.95. The van der Waals surface area contributed by atoms with Gasteiger partial charge in [-0.25, -0.2) is 0 Å². The first-order valence-corrected chi connectivity index (χ1v) is 12.6. The van der Waals surface area contributed by atoms with Gasteiger partial charge in [0, 0.05) is 13.0 Å². The molecule has 0 saturated carbocycles. The highest BCUT2D eigenvalue weighted by Crippen LogP contribution is 2.28. The van der Waals surface area contributed by atoms with Crippen LogP contribution in [0.3, 0.4) is 0 Å². The maximum Gasteiger partial charge on any atom is 0.279 e. The first kappa shape index (κ1) is 26.8. The van der Waals surface area contributed by atoms with Crippen molar-refractivity contribution in [2.45, 2.75) is 52.4 Å². The molecule has 1 saturated heterocycles. The first-order chi connectivity index (χ1) is 15.8. The van der Waals surface area contributed by atoms with Crippen molar-refractivity contribution in [3.63, 3.8) is 0 Å². The first-order valence-electron chi connectivity index (χ1n) is 11.7. The van der Waals surface area contributed by atoms with Crippen molar-refractivity contribution < 1.29 is 23.6 Å². The zero-order valence-electron chi connectivity index (χ0n) is 20.2. The Labute approximate surface area is 201 Å². The summed E-state index contributed by atoms with van der Waals surface area (Å²) in [7, 11) is 1.55. The second-order valence-corrected chi connectivity index (χ2v) is 9.74. The van der Waals surface area contributed by atoms with E-state index in [0.29, 0.717) is 33.7 Å². The number of allylic oxidation sites excluding steroid dienone is 2. The summed E-state index contributed by atoms with van der Waals surface area (Å²) in [5, 5.41) is 7.75. The van der Waals surface area contributed by atoms with Crippen molar-refractivity contribution in [3.05, 3.63) is 40.3 Å². The van der Waals surface area contributed by atoms with Crippen LogP contribution in [0.25, 0.3) is 0 Å². The predicted molar refractivity (Wildman–Crippen MR) is 133 cm³/mol. The van der Waals surface area contributed by atoms with E-state index in [9.17, 15) is 14.4 Å². The van der Waals surface area contributed by atoms with Gasteiger partial charge in [0.25, 0.3) is 11.8 Å². The number of quaternary nitrogens is 1. The minimum Gasteiger partial charge on any atom is -0.504 e. The molecule has 1 aromatic rings. The summed E-state index contributed by atoms with van der Waals surface area (Å²) in [4.78, 5) is 39.1. The Morgan fingerprint density at radius 3 is 2.52 bits per heavy atom. The molecule has 0 aromatic carbocycles. The molecule has 2 rings (SSSR count). The Balaban J connectivity index is 2.12. The fourth-order valence-corrected chi connectivity index (χ4v) is 5.13. The monoisotopic (exact) mass is 476 g/mol. The molecule has 33 heavy (non-hydrogen) atoms. The highest BCUT2D eigenvalue weighted by atomic mass is 32.1. The van der Waals surface area contributed by atoms with Crippen LogP contribution >= 0.6 is 11.3 Å². The number of anilines is 1. The lowest BCUT2D eigenvalue weighted by Crippen LogP contribution is -2.55. The van der Waals surface area contributed by atoms with Gasteiger partial charge in [0.05, 0.1) is 32.1 Å². The van der Waals surface area contributed by atoms with Crippen molar-refractivity contribution in [2.75, 3.05) is 45.2 Å². The average molecular weight is 477 g/mol. The molecule has 0 unspecified atom stereocenters. The van der Waals surface area contributed by atoms with E-state index in [4.69, 9.17) is 4.74 Å². The number of thiophene rings is 1. The summed E-state index contributed by atoms with van der Waals surface area (Å²) in [6.45, 7) is 10.5. The number of amides is 2. The Kier molecular flexibility index (Phi) is 10.8. The number of aryl methyl sites for hydroxylation is 1. The number of carbonyl (C=O) groups is 3. The molecule has 2 heterocycles. The molecule has 0 spiro atoms. The summed E-state index contributed by atoms with van der Waals surface area (Å²) in [5.41, 5.74) is 2.14. The molecule has 1 aromatic heterocycles. The normalized spacial score (nSPS) is 15.6. The van der Waals surface area contributed by atoms with Crippen molar-refractivity contribution >= 4 is 34.6 Å². The van der Waals surface area contributed by atoms with Crippen molar-refractivity contribution in [1.29, 1.82) is 0 Å². The molecule has 8 heteroatoms. The fraction of sp³-hybridized carbons (Fsp3) is 0.560. The summed E-state index contributed by atoms with van der Waals surface area (Å²) >= 11 is 1.34. The van der Waals surface area contributed by atoms with Crippen molar-refractivity contribution in [1.82, 2.24) is 5.32 Å². The molecule has 0 bridgehead atoms. The van der Waals surface area contributed by atoms with E-state index < -0.39 is 0 Å². The largest absolute Gasteiger partial charge is 0.504 e. The Bertz CT molecular complexity index is 867. The molecule has 1 aliphatic rings. The molecule has 182 valence electrons. The van der Waals surface area contributed by atoms with Gasteiger partial charge in [-0.15, -0.1) is 11.3 Å². The molecule has 2 amide bonds. The molecular weight excluding hydrogens is 438 g/mol. The van der Waals surface area contributed by atoms with Crippen molar-refractivity contribution in [2.24, 2.45) is 0 Å². The summed E-state index contributed by atoms with van der Waals surface area (Å²) < 4.78 is 5.35. The summed E-state index contributed by atoms with van der Waals surface area (Å²) in [5.74, 6) is -0.252. The Morgan fingerprint density at radius 2 is 1.88 bits per heavy atom. The van der Waals surface area contributed by atoms with Crippen LogP contribution in [0.5, 0.6) is 0 Å². The maximum absolute atomic E-state index is 13.2. The second-order valence-electron chi connectivity index (χ2n) is 8.86. The average Bonchev–Trinajstić information content (AvgIpc) is 2.97. The van der Waals surface area contributed by atoms with Crippen LogP contribution in [0.4, 0.5) is 5.69 Å². The Morgan fingerprint density at radius 1 is 1.18 bits per heavy atom. The highest BCUT2D eigenvalue weighted by molar-refractivity contribution is 7.13. The lowest BCUT2D eigenvalue weighted by Gasteiger charge is -2.36. The van der Waals surface area contributed by atoms with E-state index in [2.05, 4.69) is 17.2 Å². The standard InChI is InChI=1S/C25H37N3O4S/c1-5-11-26-25(31)24-23(20(3)18-33-24)27-22(30)17-28(12-8-6-7-9-13-28)16-21(29)15-19(2)10-14-32-4/h10,14,18H,2,5-9,11-13,15-17H2,1,3-4H3,(H-,26,27,30,31)/p+1/b14-10-. The number of ketones is 1. The lowest BCUT2D eigenvalue weighted by atomic mass is 10.1. The van der Waals surface area contributed by atoms with Gasteiger partial charge in [0.1, 0.15) is 11.4 Å². The SMILES string of the molecule is C=C(/C=C\OC)CC(=O)C[N+]1(CC(=O)Nc2c(C)csc2C(=O)NCCC)CCCCCC1. The highest BCUT2D eigenvalue weighted by Gasteiger charge is 2.34. The quantitative estimate of drug-likeness (QED) is 0.269. The number of nitrogens with zero attached hydrogens (tertiary/aromatic N) is 1. The van der Waals surface area contributed by atoms with Crippen LogP contribution in [0.15, 0.2) is 29.9 Å². The van der Waals surface area contributed by atoms with Crippen LogP contribution < -0.4 is 10.6 Å². The lowest BCUT2D eigenvalue weighted by molar-refractivity contribution is -0.912. The van der Waals surface area contributed by atoms with Crippen LogP contribution in [-0.2, 0) is 14.3 Å². The van der Waals surface area contributed by atoms with Crippen LogP contribution in [0, 0.1) is 6.92 Å². The number of Topliss-reactive ketones (excluding diaryl/α,β-unsaturated/α-hetero) is 1. The van der Waals surface area contributed by atoms with E-state index >= 15 is 0 Å². The third kappa shape index (κ3) is 8.44. The van der Waals surface area contributed by atoms with Gasteiger partial charge in [-0.05, 0) is 61.6 Å². The fourth-order valence-electron chi connectivity index (χ4n) is 4.21. The van der Waals surface area contributed by atoms with E-state index in [1.54, 1.807) is 13.2 Å². The van der Waals surface area contributed by atoms with Gasteiger partial charge in [-0.3, -0.25) is 14.4 Å². The van der Waals surface area contributed by atoms with E-state index in [-0.39, 0.29) is 30.6 Å². The minimum atomic E-state index is -0.165. The number of hydrogen-bond donors (Lipinski definition) is 2. The third-order valence-electron chi connectivity index (χ3n) is 5.85. The molecular formula is C25H38N3O4S+. The minimum absolute atomic E-state index is 0.0711. The number of ether oxygens (including phenoxy) is 1. The topological polar surface area (TPSA) is 84.5 Å². The summed E-state index contributed by atoms with van der Waals surface area (Å²) in [6.07, 6.45) is 8.51. The van der Waals surface area contributed by atoms with Gasteiger partial charge < -0.3 is 19.9 Å². The Hall–Kier alpha value is -2.45. The second kappa shape index (κ2) is 13.3. The number of hydrogen-bond acceptors (Lipinski definition) is 5. The van der Waals surface area contributed by atoms with Gasteiger partial charge in [0.2, 0.25) is 0 Å². The molecule has 1 aliphatic heterocycles. The maximum atomic E-state index is 13.2. The number of nitrogens with one attached hydrogen (secondary N) is 2.